The molecule has 0 aliphatic carbocycles. The van der Waals surface area contributed by atoms with E-state index in [1.807, 2.05) is 21.7 Å². The Morgan fingerprint density at radius 3 is 3.05 bits per heavy atom. The molecule has 112 valence electrons. The second-order valence-electron chi connectivity index (χ2n) is 4.74. The van der Waals surface area contributed by atoms with Gasteiger partial charge in [0.2, 0.25) is 5.91 Å². The Labute approximate surface area is 130 Å². The molecular weight excluding hydrogens is 338 g/mol. The number of nitrogens with one attached hydrogen (secondary N) is 1. The Morgan fingerprint density at radius 1 is 1.43 bits per heavy atom. The second kappa shape index (κ2) is 6.40. The number of fused-ring (bicyclic) bond motifs is 1. The first-order valence-corrected chi connectivity index (χ1v) is 7.62. The van der Waals surface area contributed by atoms with Crippen LogP contribution >= 0.6 is 15.9 Å². The summed E-state index contributed by atoms with van der Waals surface area (Å²) >= 11 is 3.36. The molecule has 0 unspecified atom stereocenters. The van der Waals surface area contributed by atoms with Gasteiger partial charge in [-0.2, -0.15) is 0 Å². The molecule has 7 nitrogen and oxygen atoms in total. The van der Waals surface area contributed by atoms with E-state index in [0.717, 1.165) is 10.3 Å². The van der Waals surface area contributed by atoms with Crippen molar-refractivity contribution in [3.05, 3.63) is 23.2 Å². The van der Waals surface area contributed by atoms with Gasteiger partial charge < -0.3 is 19.4 Å². The fourth-order valence-electron chi connectivity index (χ4n) is 2.28. The SMILES string of the molecule is O=C(CCNc1nc(Br)cn2ccnc12)N1CCOCC1. The third-order valence-electron chi connectivity index (χ3n) is 3.34. The van der Waals surface area contributed by atoms with Gasteiger partial charge in [0.15, 0.2) is 11.5 Å². The molecule has 1 fully saturated rings. The van der Waals surface area contributed by atoms with Gasteiger partial charge in [-0.15, -0.1) is 0 Å². The van der Waals surface area contributed by atoms with E-state index in [1.165, 1.54) is 0 Å². The van der Waals surface area contributed by atoms with Gasteiger partial charge in [-0.3, -0.25) is 4.79 Å². The van der Waals surface area contributed by atoms with E-state index in [2.05, 4.69) is 31.2 Å². The number of carbonyl (C=O) groups is 1. The molecule has 0 spiro atoms. The van der Waals surface area contributed by atoms with Crippen molar-refractivity contribution >= 4 is 33.3 Å². The highest BCUT2D eigenvalue weighted by Gasteiger charge is 2.16. The van der Waals surface area contributed by atoms with E-state index < -0.39 is 0 Å². The van der Waals surface area contributed by atoms with Gasteiger partial charge in [0.1, 0.15) is 4.60 Å². The van der Waals surface area contributed by atoms with Crippen LogP contribution < -0.4 is 5.32 Å². The average Bonchev–Trinajstić information content (AvgIpc) is 2.96. The molecule has 0 atom stereocenters. The fraction of sp³-hybridized carbons (Fsp3) is 0.462. The number of aromatic nitrogens is 3. The summed E-state index contributed by atoms with van der Waals surface area (Å²) in [6.07, 6.45) is 5.84. The highest BCUT2D eigenvalue weighted by molar-refractivity contribution is 9.10. The van der Waals surface area contributed by atoms with Gasteiger partial charge in [0.05, 0.1) is 13.2 Å². The molecule has 0 saturated carbocycles. The highest BCUT2D eigenvalue weighted by Crippen LogP contribution is 2.16. The average molecular weight is 354 g/mol. The van der Waals surface area contributed by atoms with Crippen LogP contribution in [0.3, 0.4) is 0 Å². The van der Waals surface area contributed by atoms with Crippen LogP contribution in [-0.4, -0.2) is 58.0 Å². The lowest BCUT2D eigenvalue weighted by Gasteiger charge is -2.26. The van der Waals surface area contributed by atoms with Crippen molar-refractivity contribution in [2.45, 2.75) is 6.42 Å². The first kappa shape index (κ1) is 14.3. The minimum atomic E-state index is 0.139. The predicted octanol–water partition coefficient (Wildman–Crippen LogP) is 1.15. The van der Waals surface area contributed by atoms with Crippen molar-refractivity contribution in [1.29, 1.82) is 0 Å². The molecule has 1 amide bonds. The Bertz CT molecular complexity index is 639. The molecule has 1 aliphatic rings. The minimum absolute atomic E-state index is 0.139. The zero-order valence-electron chi connectivity index (χ0n) is 11.5. The van der Waals surface area contributed by atoms with Crippen LogP contribution in [0.4, 0.5) is 5.82 Å². The number of rotatable bonds is 4. The van der Waals surface area contributed by atoms with Crippen molar-refractivity contribution in [2.24, 2.45) is 0 Å². The number of hydrogen-bond acceptors (Lipinski definition) is 5. The molecular formula is C13H16BrN5O2. The van der Waals surface area contributed by atoms with E-state index in [0.29, 0.717) is 45.1 Å². The van der Waals surface area contributed by atoms with E-state index in [9.17, 15) is 4.79 Å². The highest BCUT2D eigenvalue weighted by atomic mass is 79.9. The van der Waals surface area contributed by atoms with E-state index in [-0.39, 0.29) is 5.91 Å². The van der Waals surface area contributed by atoms with Crippen molar-refractivity contribution in [3.8, 4) is 0 Å². The predicted molar refractivity (Wildman–Crippen MR) is 81.2 cm³/mol. The van der Waals surface area contributed by atoms with Crippen LogP contribution in [0.2, 0.25) is 0 Å². The van der Waals surface area contributed by atoms with Crippen LogP contribution in [0.25, 0.3) is 5.65 Å². The van der Waals surface area contributed by atoms with Crippen LogP contribution in [-0.2, 0) is 9.53 Å². The molecule has 21 heavy (non-hydrogen) atoms. The molecule has 1 N–H and O–H groups in total. The lowest BCUT2D eigenvalue weighted by molar-refractivity contribution is -0.134. The van der Waals surface area contributed by atoms with Gasteiger partial charge >= 0.3 is 0 Å². The standard InChI is InChI=1S/C13H16BrN5O2/c14-10-9-19-4-3-16-13(19)12(17-10)15-2-1-11(20)18-5-7-21-8-6-18/h3-4,9H,1-2,5-8H2,(H,15,17). The van der Waals surface area contributed by atoms with Gasteiger partial charge in [-0.05, 0) is 15.9 Å². The van der Waals surface area contributed by atoms with Gasteiger partial charge in [0, 0.05) is 44.6 Å². The number of halogens is 1. The topological polar surface area (TPSA) is 71.8 Å². The molecule has 0 radical (unpaired) electrons. The zero-order valence-corrected chi connectivity index (χ0v) is 13.0. The van der Waals surface area contributed by atoms with Gasteiger partial charge in [-0.25, -0.2) is 9.97 Å². The Hall–Kier alpha value is -1.67. The maximum atomic E-state index is 12.0. The number of nitrogens with zero attached hydrogens (tertiary/aromatic N) is 4. The summed E-state index contributed by atoms with van der Waals surface area (Å²) in [5, 5.41) is 3.18. The maximum absolute atomic E-state index is 12.0. The Kier molecular flexibility index (Phi) is 4.35. The number of carbonyl (C=O) groups excluding carboxylic acids is 1. The van der Waals surface area contributed by atoms with Crippen LogP contribution in [0.1, 0.15) is 6.42 Å². The lowest BCUT2D eigenvalue weighted by atomic mass is 10.3. The van der Waals surface area contributed by atoms with Gasteiger partial charge in [0.25, 0.3) is 0 Å². The molecule has 0 bridgehead atoms. The monoisotopic (exact) mass is 353 g/mol. The fourth-order valence-corrected chi connectivity index (χ4v) is 2.68. The molecule has 2 aromatic rings. The summed E-state index contributed by atoms with van der Waals surface area (Å²) in [6.45, 7) is 3.14. The van der Waals surface area contributed by atoms with Gasteiger partial charge in [-0.1, -0.05) is 0 Å². The molecule has 3 rings (SSSR count). The molecule has 1 saturated heterocycles. The maximum Gasteiger partial charge on any atom is 0.224 e. The number of hydrogen-bond donors (Lipinski definition) is 1. The summed E-state index contributed by atoms with van der Waals surface area (Å²) in [6, 6.07) is 0. The largest absolute Gasteiger partial charge is 0.378 e. The normalized spacial score (nSPS) is 15.4. The number of imidazole rings is 1. The number of anilines is 1. The quantitative estimate of drug-likeness (QED) is 0.892. The first-order chi connectivity index (χ1) is 10.2. The number of amides is 1. The Morgan fingerprint density at radius 2 is 2.24 bits per heavy atom. The van der Waals surface area contributed by atoms with E-state index in [1.54, 1.807) is 6.20 Å². The summed E-state index contributed by atoms with van der Waals surface area (Å²) < 4.78 is 7.84. The first-order valence-electron chi connectivity index (χ1n) is 6.82. The lowest BCUT2D eigenvalue weighted by Crippen LogP contribution is -2.41. The van der Waals surface area contributed by atoms with Crippen LogP contribution in [0, 0.1) is 0 Å². The molecule has 8 heteroatoms. The molecule has 3 heterocycles. The molecule has 2 aromatic heterocycles. The Balaban J connectivity index is 1.59. The van der Waals surface area contributed by atoms with E-state index in [4.69, 9.17) is 4.74 Å². The third kappa shape index (κ3) is 3.33. The smallest absolute Gasteiger partial charge is 0.224 e. The summed E-state index contributed by atoms with van der Waals surface area (Å²) in [7, 11) is 0. The van der Waals surface area contributed by atoms with Crippen molar-refractivity contribution in [1.82, 2.24) is 19.3 Å². The summed E-state index contributed by atoms with van der Waals surface area (Å²) in [5.74, 6) is 0.810. The van der Waals surface area contributed by atoms with Crippen molar-refractivity contribution in [2.75, 3.05) is 38.2 Å². The molecule has 0 aromatic carbocycles. The number of morpholine rings is 1. The van der Waals surface area contributed by atoms with Crippen molar-refractivity contribution in [3.63, 3.8) is 0 Å². The zero-order chi connectivity index (χ0) is 14.7. The minimum Gasteiger partial charge on any atom is -0.378 e. The van der Waals surface area contributed by atoms with Crippen molar-refractivity contribution < 1.29 is 9.53 Å². The van der Waals surface area contributed by atoms with Crippen LogP contribution in [0.5, 0.6) is 0 Å². The summed E-state index contributed by atoms with van der Waals surface area (Å²) in [5.41, 5.74) is 0.747. The second-order valence-corrected chi connectivity index (χ2v) is 5.55. The third-order valence-corrected chi connectivity index (χ3v) is 3.72. The number of ether oxygens (including phenoxy) is 1. The molecule has 1 aliphatic heterocycles. The van der Waals surface area contributed by atoms with Crippen LogP contribution in [0.15, 0.2) is 23.2 Å². The summed E-state index contributed by atoms with van der Waals surface area (Å²) in [4.78, 5) is 22.5. The van der Waals surface area contributed by atoms with E-state index >= 15 is 0 Å².